The van der Waals surface area contributed by atoms with E-state index in [1.54, 1.807) is 0 Å². The van der Waals surface area contributed by atoms with Crippen molar-refractivity contribution in [3.63, 3.8) is 0 Å². The number of phosphoric ester groups is 1. The summed E-state index contributed by atoms with van der Waals surface area (Å²) in [5.41, 5.74) is 0. The molecule has 3 unspecified atom stereocenters. The summed E-state index contributed by atoms with van der Waals surface area (Å²) in [5.74, 6) is -0.550. The van der Waals surface area contributed by atoms with Crippen molar-refractivity contribution < 1.29 is 37.3 Å². The Kier molecular flexibility index (Phi) is 58.1. The van der Waals surface area contributed by atoms with E-state index in [9.17, 15) is 19.0 Å². The Bertz CT molecular complexity index is 1550. The van der Waals surface area contributed by atoms with Gasteiger partial charge >= 0.3 is 5.97 Å². The highest BCUT2D eigenvalue weighted by Crippen LogP contribution is 2.38. The molecule has 0 radical (unpaired) electrons. The Morgan fingerprint density at radius 3 is 1.19 bits per heavy atom. The van der Waals surface area contributed by atoms with E-state index < -0.39 is 26.6 Å². The molecule has 0 spiro atoms. The molecule has 1 amide bonds. The minimum Gasteiger partial charge on any atom is -0.756 e. The molecule has 80 heavy (non-hydrogen) atoms. The second kappa shape index (κ2) is 59.9. The summed E-state index contributed by atoms with van der Waals surface area (Å²) in [5, 5.41) is 3.04. The van der Waals surface area contributed by atoms with Crippen molar-refractivity contribution >= 4 is 19.7 Å². The smallest absolute Gasteiger partial charge is 0.306 e. The van der Waals surface area contributed by atoms with Crippen LogP contribution < -0.4 is 10.2 Å². The molecule has 10 heteroatoms. The van der Waals surface area contributed by atoms with Gasteiger partial charge in [0.1, 0.15) is 19.3 Å². The Hall–Kier alpha value is -2.29. The van der Waals surface area contributed by atoms with Gasteiger partial charge in [-0.05, 0) is 96.0 Å². The summed E-state index contributed by atoms with van der Waals surface area (Å²) < 4.78 is 30.4. The molecule has 3 atom stereocenters. The molecule has 0 rings (SSSR count). The van der Waals surface area contributed by atoms with Crippen molar-refractivity contribution in [1.29, 1.82) is 0 Å². The Morgan fingerprint density at radius 2 is 0.762 bits per heavy atom. The lowest BCUT2D eigenvalue weighted by atomic mass is 10.0. The van der Waals surface area contributed by atoms with Crippen LogP contribution in [0.15, 0.2) is 60.8 Å². The third kappa shape index (κ3) is 60.3. The number of likely N-dealkylation sites (N-methyl/N-ethyl adjacent to an activating group) is 1. The van der Waals surface area contributed by atoms with E-state index in [4.69, 9.17) is 13.8 Å². The standard InChI is InChI=1S/C70H131N2O7P/c1-7-10-13-16-19-22-25-28-30-31-32-33-34-35-36-37-38-39-40-41-42-44-47-50-53-56-59-62-69(73)71-67(66-78-80(75,76)77-65-64-72(4,5)6)68(61-58-55-52-49-46-43-27-24-21-18-15-12-9-3)79-70(74)63-60-57-54-51-48-45-29-26-23-20-17-14-11-8-2/h19,22,28,30,32-33,45,48,58,61,67-68H,7-18,20-21,23-27,29,31,34-44,46-47,49-57,59-60,62-66H2,1-6H3,(H-,71,73,75,76)/b22-19-,30-28-,33-32-,48-45-,61-58-. The molecule has 0 fully saturated rings. The maximum absolute atomic E-state index is 13.6. The van der Waals surface area contributed by atoms with Crippen LogP contribution >= 0.6 is 7.82 Å². The van der Waals surface area contributed by atoms with Crippen molar-refractivity contribution in [3.8, 4) is 0 Å². The maximum Gasteiger partial charge on any atom is 0.306 e. The number of allylic oxidation sites excluding steroid dienone is 9. The van der Waals surface area contributed by atoms with Crippen LogP contribution in [0.1, 0.15) is 323 Å². The number of nitrogens with zero attached hydrogens (tertiary/aromatic N) is 1. The van der Waals surface area contributed by atoms with Crippen LogP contribution in [0.4, 0.5) is 0 Å². The van der Waals surface area contributed by atoms with Gasteiger partial charge in [-0.25, -0.2) is 0 Å². The average molecular weight is 1140 g/mol. The van der Waals surface area contributed by atoms with Gasteiger partial charge in [0.05, 0.1) is 33.8 Å². The molecule has 0 aromatic carbocycles. The van der Waals surface area contributed by atoms with E-state index >= 15 is 0 Å². The minimum absolute atomic E-state index is 0.0244. The largest absolute Gasteiger partial charge is 0.756 e. The monoisotopic (exact) mass is 1140 g/mol. The third-order valence-corrected chi connectivity index (χ3v) is 16.1. The predicted octanol–water partition coefficient (Wildman–Crippen LogP) is 20.8. The van der Waals surface area contributed by atoms with Crippen molar-refractivity contribution in [2.24, 2.45) is 0 Å². The van der Waals surface area contributed by atoms with Crippen LogP contribution in [-0.2, 0) is 27.9 Å². The van der Waals surface area contributed by atoms with E-state index in [-0.39, 0.29) is 24.9 Å². The van der Waals surface area contributed by atoms with Gasteiger partial charge in [0.15, 0.2) is 0 Å². The van der Waals surface area contributed by atoms with Crippen LogP contribution in [0.2, 0.25) is 0 Å². The van der Waals surface area contributed by atoms with E-state index in [1.807, 2.05) is 33.3 Å². The van der Waals surface area contributed by atoms with E-state index in [2.05, 4.69) is 74.7 Å². The normalized spacial score (nSPS) is 13.9. The number of amides is 1. The fourth-order valence-corrected chi connectivity index (χ4v) is 10.6. The second-order valence-electron chi connectivity index (χ2n) is 24.3. The van der Waals surface area contributed by atoms with E-state index in [0.717, 1.165) is 77.0 Å². The zero-order valence-corrected chi connectivity index (χ0v) is 54.4. The highest BCUT2D eigenvalue weighted by Gasteiger charge is 2.27. The lowest BCUT2D eigenvalue weighted by molar-refractivity contribution is -0.870. The zero-order chi connectivity index (χ0) is 58.6. The summed E-state index contributed by atoms with van der Waals surface area (Å²) in [6.45, 7) is 6.83. The molecule has 0 heterocycles. The van der Waals surface area contributed by atoms with Crippen LogP contribution in [0.5, 0.6) is 0 Å². The van der Waals surface area contributed by atoms with Crippen molar-refractivity contribution in [3.05, 3.63) is 60.8 Å². The molecule has 0 aromatic heterocycles. The van der Waals surface area contributed by atoms with Crippen LogP contribution in [0, 0.1) is 0 Å². The highest BCUT2D eigenvalue weighted by molar-refractivity contribution is 7.45. The van der Waals surface area contributed by atoms with Crippen molar-refractivity contribution in [1.82, 2.24) is 5.32 Å². The molecule has 1 N–H and O–H groups in total. The van der Waals surface area contributed by atoms with Crippen LogP contribution in [-0.4, -0.2) is 69.4 Å². The van der Waals surface area contributed by atoms with Gasteiger partial charge in [0, 0.05) is 12.8 Å². The van der Waals surface area contributed by atoms with Gasteiger partial charge in [-0.1, -0.05) is 275 Å². The molecular weight excluding hydrogens is 1010 g/mol. The van der Waals surface area contributed by atoms with Crippen LogP contribution in [0.25, 0.3) is 0 Å². The first kappa shape index (κ1) is 77.7. The Balaban J connectivity index is 5.05. The van der Waals surface area contributed by atoms with Crippen LogP contribution in [0.3, 0.4) is 0 Å². The fourth-order valence-electron chi connectivity index (χ4n) is 9.88. The first-order valence-electron chi connectivity index (χ1n) is 34.1. The molecule has 0 bridgehead atoms. The summed E-state index contributed by atoms with van der Waals surface area (Å²) in [6, 6.07) is -0.895. The molecule has 0 aliphatic heterocycles. The lowest BCUT2D eigenvalue weighted by Crippen LogP contribution is -2.47. The fraction of sp³-hybridized carbons (Fsp3) is 0.829. The number of esters is 1. The molecule has 9 nitrogen and oxygen atoms in total. The Labute approximate surface area is 496 Å². The first-order valence-corrected chi connectivity index (χ1v) is 35.6. The number of carbonyl (C=O) groups is 2. The number of nitrogens with one attached hydrogen (secondary N) is 1. The number of hydrogen-bond acceptors (Lipinski definition) is 7. The van der Waals surface area contributed by atoms with E-state index in [1.165, 1.54) is 205 Å². The van der Waals surface area contributed by atoms with Gasteiger partial charge in [0.2, 0.25) is 5.91 Å². The zero-order valence-electron chi connectivity index (χ0n) is 53.5. The SMILES string of the molecule is CCCCC/C=C\C/C=C\C/C=C\CCCCCCCCCCCCCCCCC(=O)NC(COP(=O)([O-])OCC[N+](C)(C)C)C(/C=C\CCCCCCCCCCCCC)OC(=O)CCCCC/C=C\CCCCCCCCC. The third-order valence-electron chi connectivity index (χ3n) is 15.2. The van der Waals surface area contributed by atoms with Gasteiger partial charge in [-0.15, -0.1) is 0 Å². The molecule has 0 aliphatic carbocycles. The second-order valence-corrected chi connectivity index (χ2v) is 25.7. The van der Waals surface area contributed by atoms with Gasteiger partial charge in [-0.2, -0.15) is 0 Å². The number of rotatable bonds is 62. The predicted molar refractivity (Wildman–Crippen MR) is 344 cm³/mol. The molecule has 0 aliphatic rings. The summed E-state index contributed by atoms with van der Waals surface area (Å²) >= 11 is 0. The summed E-state index contributed by atoms with van der Waals surface area (Å²) in [6.07, 6.45) is 76.3. The molecule has 0 aromatic rings. The number of hydrogen-bond donors (Lipinski definition) is 1. The lowest BCUT2D eigenvalue weighted by Gasteiger charge is -2.30. The van der Waals surface area contributed by atoms with Gasteiger partial charge in [-0.3, -0.25) is 14.2 Å². The molecule has 0 saturated carbocycles. The van der Waals surface area contributed by atoms with Gasteiger partial charge in [0.25, 0.3) is 7.82 Å². The number of ether oxygens (including phenoxy) is 1. The maximum atomic E-state index is 13.6. The number of carbonyl (C=O) groups excluding carboxylic acids is 2. The molecule has 0 saturated heterocycles. The van der Waals surface area contributed by atoms with Gasteiger partial charge < -0.3 is 28.5 Å². The quantitative estimate of drug-likeness (QED) is 0.0212. The van der Waals surface area contributed by atoms with Crippen molar-refractivity contribution in [2.45, 2.75) is 335 Å². The molecule has 468 valence electrons. The summed E-state index contributed by atoms with van der Waals surface area (Å²) in [4.78, 5) is 40.1. The minimum atomic E-state index is -4.70. The number of quaternary nitrogens is 1. The van der Waals surface area contributed by atoms with Crippen molar-refractivity contribution in [2.75, 3.05) is 40.9 Å². The Morgan fingerprint density at radius 1 is 0.438 bits per heavy atom. The highest BCUT2D eigenvalue weighted by atomic mass is 31.2. The first-order chi connectivity index (χ1) is 38.9. The summed E-state index contributed by atoms with van der Waals surface area (Å²) in [7, 11) is 1.18. The molecular formula is C70H131N2O7P. The van der Waals surface area contributed by atoms with E-state index in [0.29, 0.717) is 23.9 Å². The number of unbranched alkanes of at least 4 members (excludes halogenated alkanes) is 38. The average Bonchev–Trinajstić information content (AvgIpc) is 3.42. The topological polar surface area (TPSA) is 114 Å². The number of phosphoric acid groups is 1.